The van der Waals surface area contributed by atoms with Crippen molar-refractivity contribution in [2.45, 2.75) is 0 Å². The van der Waals surface area contributed by atoms with E-state index in [-0.39, 0.29) is 0 Å². The van der Waals surface area contributed by atoms with E-state index in [2.05, 4.69) is 5.32 Å². The zero-order chi connectivity index (χ0) is 20.5. The molecule has 0 unspecified atom stereocenters. The molecular weight excluding hydrogens is 386 g/mol. The van der Waals surface area contributed by atoms with Gasteiger partial charge >= 0.3 is 5.97 Å². The number of nitrogens with one attached hydrogen (secondary N) is 1. The summed E-state index contributed by atoms with van der Waals surface area (Å²) >= 11 is 6.11. The van der Waals surface area contributed by atoms with Gasteiger partial charge in [0.2, 0.25) is 0 Å². The second-order valence-electron chi connectivity index (χ2n) is 5.43. The lowest BCUT2D eigenvalue weighted by Gasteiger charge is -2.10. The number of carbonyl (C=O) groups excluding carboxylic acids is 2. The Hall–Kier alpha value is -3.19. The summed E-state index contributed by atoms with van der Waals surface area (Å²) in [6.45, 7) is -0.437. The average molecular weight is 406 g/mol. The van der Waals surface area contributed by atoms with Crippen LogP contribution < -0.4 is 19.5 Å². The van der Waals surface area contributed by atoms with E-state index >= 15 is 0 Å². The van der Waals surface area contributed by atoms with Crippen molar-refractivity contribution in [1.29, 1.82) is 0 Å². The molecule has 0 radical (unpaired) electrons. The van der Waals surface area contributed by atoms with E-state index in [1.165, 1.54) is 33.5 Å². The van der Waals surface area contributed by atoms with Crippen LogP contribution in [0.15, 0.2) is 42.5 Å². The summed E-state index contributed by atoms with van der Waals surface area (Å²) in [7, 11) is 4.46. The molecule has 28 heavy (non-hydrogen) atoms. The van der Waals surface area contributed by atoms with Gasteiger partial charge in [-0.05, 0) is 35.9 Å². The number of hydrogen-bond donors (Lipinski definition) is 1. The van der Waals surface area contributed by atoms with Crippen molar-refractivity contribution < 1.29 is 28.5 Å². The fourth-order valence-corrected chi connectivity index (χ4v) is 2.61. The molecule has 0 spiro atoms. The molecule has 2 aromatic carbocycles. The number of benzene rings is 2. The summed E-state index contributed by atoms with van der Waals surface area (Å²) in [5, 5.41) is 2.95. The third-order valence-corrected chi connectivity index (χ3v) is 3.88. The Kier molecular flexibility index (Phi) is 7.71. The largest absolute Gasteiger partial charge is 0.495 e. The number of anilines is 1. The second kappa shape index (κ2) is 10.2. The molecule has 1 N–H and O–H groups in total. The number of ether oxygens (including phenoxy) is 4. The summed E-state index contributed by atoms with van der Waals surface area (Å²) in [4.78, 5) is 23.8. The third kappa shape index (κ3) is 5.65. The number of rotatable bonds is 8. The van der Waals surface area contributed by atoms with Crippen LogP contribution in [0.3, 0.4) is 0 Å². The van der Waals surface area contributed by atoms with Crippen molar-refractivity contribution in [3.05, 3.63) is 53.1 Å². The minimum Gasteiger partial charge on any atom is -0.495 e. The van der Waals surface area contributed by atoms with Crippen molar-refractivity contribution >= 4 is 35.2 Å². The van der Waals surface area contributed by atoms with Crippen LogP contribution in [0, 0.1) is 0 Å². The number of esters is 1. The lowest BCUT2D eigenvalue weighted by atomic mass is 10.2. The SMILES string of the molecule is COc1ccccc1NC(=O)COC(=O)/C=C/c1cc(Cl)c(OC)c(OC)c1. The minimum absolute atomic E-state index is 0.339. The van der Waals surface area contributed by atoms with Gasteiger partial charge in [0.1, 0.15) is 5.75 Å². The highest BCUT2D eigenvalue weighted by atomic mass is 35.5. The number of carbonyl (C=O) groups is 2. The monoisotopic (exact) mass is 405 g/mol. The van der Waals surface area contributed by atoms with E-state index in [1.54, 1.807) is 36.4 Å². The van der Waals surface area contributed by atoms with Gasteiger partial charge in [0.25, 0.3) is 5.91 Å². The number of para-hydroxylation sites is 2. The highest BCUT2D eigenvalue weighted by molar-refractivity contribution is 6.32. The van der Waals surface area contributed by atoms with Crippen LogP contribution >= 0.6 is 11.6 Å². The number of halogens is 1. The van der Waals surface area contributed by atoms with Gasteiger partial charge in [-0.2, -0.15) is 0 Å². The number of methoxy groups -OCH3 is 3. The second-order valence-corrected chi connectivity index (χ2v) is 5.83. The molecule has 0 aromatic heterocycles. The van der Waals surface area contributed by atoms with Crippen LogP contribution in [-0.2, 0) is 14.3 Å². The molecule has 0 fully saturated rings. The zero-order valence-electron chi connectivity index (χ0n) is 15.7. The van der Waals surface area contributed by atoms with Gasteiger partial charge in [0.05, 0.1) is 32.0 Å². The highest BCUT2D eigenvalue weighted by Gasteiger charge is 2.11. The van der Waals surface area contributed by atoms with Gasteiger partial charge in [-0.1, -0.05) is 23.7 Å². The molecule has 0 aliphatic carbocycles. The molecule has 2 aromatic rings. The maximum absolute atomic E-state index is 11.9. The van der Waals surface area contributed by atoms with Gasteiger partial charge in [0, 0.05) is 6.08 Å². The molecule has 0 atom stereocenters. The highest BCUT2D eigenvalue weighted by Crippen LogP contribution is 2.36. The first-order valence-electron chi connectivity index (χ1n) is 8.17. The van der Waals surface area contributed by atoms with E-state index in [4.69, 9.17) is 30.5 Å². The zero-order valence-corrected chi connectivity index (χ0v) is 16.4. The van der Waals surface area contributed by atoms with Crippen LogP contribution in [-0.4, -0.2) is 39.8 Å². The van der Waals surface area contributed by atoms with Crippen LogP contribution in [0.4, 0.5) is 5.69 Å². The molecule has 7 nitrogen and oxygen atoms in total. The Morgan fingerprint density at radius 1 is 1.04 bits per heavy atom. The predicted octanol–water partition coefficient (Wildman–Crippen LogP) is 3.56. The molecule has 0 saturated heterocycles. The van der Waals surface area contributed by atoms with Crippen LogP contribution in [0.5, 0.6) is 17.2 Å². The van der Waals surface area contributed by atoms with E-state index < -0.39 is 18.5 Å². The van der Waals surface area contributed by atoms with Crippen molar-refractivity contribution in [3.8, 4) is 17.2 Å². The van der Waals surface area contributed by atoms with Gasteiger partial charge in [-0.15, -0.1) is 0 Å². The van der Waals surface area contributed by atoms with Gasteiger partial charge < -0.3 is 24.3 Å². The molecule has 0 bridgehead atoms. The molecule has 1 amide bonds. The predicted molar refractivity (Wildman–Crippen MR) is 106 cm³/mol. The summed E-state index contributed by atoms with van der Waals surface area (Å²) < 4.78 is 20.4. The molecule has 2 rings (SSSR count). The first-order chi connectivity index (χ1) is 13.5. The van der Waals surface area contributed by atoms with Crippen LogP contribution in [0.1, 0.15) is 5.56 Å². The third-order valence-electron chi connectivity index (χ3n) is 3.59. The Morgan fingerprint density at radius 2 is 1.75 bits per heavy atom. The van der Waals surface area contributed by atoms with Crippen LogP contribution in [0.2, 0.25) is 5.02 Å². The van der Waals surface area contributed by atoms with E-state index in [9.17, 15) is 9.59 Å². The number of amides is 1. The summed E-state index contributed by atoms with van der Waals surface area (Å²) in [6, 6.07) is 10.2. The Morgan fingerprint density at radius 3 is 2.43 bits per heavy atom. The van der Waals surface area contributed by atoms with Gasteiger partial charge in [-0.25, -0.2) is 4.79 Å². The lowest BCUT2D eigenvalue weighted by molar-refractivity contribution is -0.142. The topological polar surface area (TPSA) is 83.1 Å². The Labute approximate surface area is 167 Å². The number of hydrogen-bond acceptors (Lipinski definition) is 6. The fraction of sp³-hybridized carbons (Fsp3) is 0.200. The van der Waals surface area contributed by atoms with Gasteiger partial charge in [0.15, 0.2) is 18.1 Å². The molecule has 8 heteroatoms. The van der Waals surface area contributed by atoms with E-state index in [1.807, 2.05) is 0 Å². The molecule has 148 valence electrons. The Balaban J connectivity index is 1.93. The van der Waals surface area contributed by atoms with Crippen LogP contribution in [0.25, 0.3) is 6.08 Å². The van der Waals surface area contributed by atoms with Gasteiger partial charge in [-0.3, -0.25) is 4.79 Å². The standard InChI is InChI=1S/C20H20ClNO6/c1-25-16-7-5-4-6-15(16)22-18(23)12-28-19(24)9-8-13-10-14(21)20(27-3)17(11-13)26-2/h4-11H,12H2,1-3H3,(H,22,23)/b9-8+. The van der Waals surface area contributed by atoms with E-state index in [0.717, 1.165) is 0 Å². The fourth-order valence-electron chi connectivity index (χ4n) is 2.32. The summed E-state index contributed by atoms with van der Waals surface area (Å²) in [5.74, 6) is 0.171. The summed E-state index contributed by atoms with van der Waals surface area (Å²) in [5.41, 5.74) is 1.10. The van der Waals surface area contributed by atoms with E-state index in [0.29, 0.717) is 33.5 Å². The molecular formula is C20H20ClNO6. The first kappa shape index (κ1) is 21.1. The molecule has 0 heterocycles. The Bertz CT molecular complexity index is 881. The van der Waals surface area contributed by atoms with Crippen molar-refractivity contribution in [2.24, 2.45) is 0 Å². The molecule has 0 aliphatic heterocycles. The smallest absolute Gasteiger partial charge is 0.331 e. The normalized spacial score (nSPS) is 10.4. The van der Waals surface area contributed by atoms with Crippen molar-refractivity contribution in [3.63, 3.8) is 0 Å². The van der Waals surface area contributed by atoms with Crippen molar-refractivity contribution in [2.75, 3.05) is 33.3 Å². The minimum atomic E-state index is -0.680. The molecule has 0 aliphatic rings. The van der Waals surface area contributed by atoms with Crippen molar-refractivity contribution in [1.82, 2.24) is 0 Å². The quantitative estimate of drug-likeness (QED) is 0.534. The summed E-state index contributed by atoms with van der Waals surface area (Å²) in [6.07, 6.45) is 2.68. The lowest BCUT2D eigenvalue weighted by Crippen LogP contribution is -2.20. The first-order valence-corrected chi connectivity index (χ1v) is 8.55. The maximum atomic E-state index is 11.9. The molecule has 0 saturated carbocycles. The maximum Gasteiger partial charge on any atom is 0.331 e. The average Bonchev–Trinajstić information content (AvgIpc) is 2.70.